The maximum absolute atomic E-state index is 9.71. The van der Waals surface area contributed by atoms with Crippen molar-refractivity contribution in [2.45, 2.75) is 12.8 Å². The van der Waals surface area contributed by atoms with Gasteiger partial charge in [-0.05, 0) is 30.7 Å². The number of nitrogens with zero attached hydrogens (tertiary/aromatic N) is 2. The van der Waals surface area contributed by atoms with Crippen LogP contribution in [-0.2, 0) is 0 Å². The van der Waals surface area contributed by atoms with E-state index in [1.165, 1.54) is 0 Å². The molecule has 2 N–H and O–H groups in total. The van der Waals surface area contributed by atoms with Crippen LogP contribution in [0.15, 0.2) is 35.3 Å². The molecule has 3 rings (SSSR count). The number of rotatable bonds is 3. The highest BCUT2D eigenvalue weighted by Crippen LogP contribution is 2.39. The lowest BCUT2D eigenvalue weighted by atomic mass is 9.93. The number of amidine groups is 1. The van der Waals surface area contributed by atoms with Crippen molar-refractivity contribution < 1.29 is 5.11 Å². The van der Waals surface area contributed by atoms with Gasteiger partial charge >= 0.3 is 0 Å². The molecule has 1 atom stereocenters. The molecule has 1 aromatic carbocycles. The molecule has 0 fully saturated rings. The molecule has 0 bridgehead atoms. The third-order valence-corrected chi connectivity index (χ3v) is 4.47. The van der Waals surface area contributed by atoms with Gasteiger partial charge in [-0.15, -0.1) is 0 Å². The Balaban J connectivity index is 2.16. The Morgan fingerprint density at radius 1 is 1.18 bits per heavy atom. The number of benzene rings is 1. The SMILES string of the molecule is Cc1cccc(C(C2=NCCN2)c2ccc(O)c(Cl)c2Cl)n1. The van der Waals surface area contributed by atoms with Crippen LogP contribution in [0.3, 0.4) is 0 Å². The lowest BCUT2D eigenvalue weighted by molar-refractivity contribution is 0.475. The topological polar surface area (TPSA) is 57.5 Å². The summed E-state index contributed by atoms with van der Waals surface area (Å²) in [5.41, 5.74) is 2.54. The summed E-state index contributed by atoms with van der Waals surface area (Å²) in [5.74, 6) is 0.558. The largest absolute Gasteiger partial charge is 0.506 e. The van der Waals surface area contributed by atoms with Gasteiger partial charge in [0.2, 0.25) is 0 Å². The summed E-state index contributed by atoms with van der Waals surface area (Å²) in [6, 6.07) is 9.14. The second kappa shape index (κ2) is 6.15. The zero-order valence-corrected chi connectivity index (χ0v) is 13.5. The van der Waals surface area contributed by atoms with E-state index >= 15 is 0 Å². The van der Waals surface area contributed by atoms with Crippen molar-refractivity contribution in [3.05, 3.63) is 57.3 Å². The number of nitrogens with one attached hydrogen (secondary N) is 1. The molecular formula is C16H15Cl2N3O. The third-order valence-electron chi connectivity index (χ3n) is 3.58. The quantitative estimate of drug-likeness (QED) is 0.901. The molecule has 4 nitrogen and oxygen atoms in total. The predicted molar refractivity (Wildman–Crippen MR) is 89.2 cm³/mol. The van der Waals surface area contributed by atoms with E-state index < -0.39 is 0 Å². The van der Waals surface area contributed by atoms with E-state index in [0.717, 1.165) is 35.9 Å². The first-order valence-corrected chi connectivity index (χ1v) is 7.72. The number of aromatic nitrogens is 1. The fraction of sp³-hybridized carbons (Fsp3) is 0.250. The maximum atomic E-state index is 9.71. The summed E-state index contributed by atoms with van der Waals surface area (Å²) in [6.45, 7) is 3.46. The Morgan fingerprint density at radius 2 is 2.00 bits per heavy atom. The average Bonchev–Trinajstić information content (AvgIpc) is 3.02. The maximum Gasteiger partial charge on any atom is 0.135 e. The third kappa shape index (κ3) is 2.76. The van der Waals surface area contributed by atoms with Crippen molar-refractivity contribution in [2.75, 3.05) is 13.1 Å². The summed E-state index contributed by atoms with van der Waals surface area (Å²) in [6.07, 6.45) is 0. The lowest BCUT2D eigenvalue weighted by Gasteiger charge is -2.20. The van der Waals surface area contributed by atoms with Gasteiger partial charge < -0.3 is 10.4 Å². The second-order valence-electron chi connectivity index (χ2n) is 5.13. The lowest BCUT2D eigenvalue weighted by Crippen LogP contribution is -2.27. The molecule has 1 aliphatic heterocycles. The van der Waals surface area contributed by atoms with Crippen LogP contribution in [0.1, 0.15) is 22.9 Å². The molecule has 1 aromatic heterocycles. The minimum atomic E-state index is -0.229. The minimum absolute atomic E-state index is 0.0345. The molecule has 0 aliphatic carbocycles. The van der Waals surface area contributed by atoms with E-state index in [1.54, 1.807) is 12.1 Å². The number of aromatic hydroxyl groups is 1. The molecule has 0 saturated carbocycles. The highest BCUT2D eigenvalue weighted by atomic mass is 35.5. The van der Waals surface area contributed by atoms with E-state index in [2.05, 4.69) is 15.3 Å². The van der Waals surface area contributed by atoms with Gasteiger partial charge in [0.15, 0.2) is 0 Å². The van der Waals surface area contributed by atoms with Gasteiger partial charge in [0.1, 0.15) is 16.6 Å². The summed E-state index contributed by atoms with van der Waals surface area (Å²) in [7, 11) is 0. The van der Waals surface area contributed by atoms with Gasteiger partial charge in [0, 0.05) is 12.2 Å². The van der Waals surface area contributed by atoms with Gasteiger partial charge in [-0.2, -0.15) is 0 Å². The Labute approximate surface area is 138 Å². The van der Waals surface area contributed by atoms with Crippen LogP contribution < -0.4 is 5.32 Å². The van der Waals surface area contributed by atoms with Gasteiger partial charge in [-0.25, -0.2) is 0 Å². The first kappa shape index (κ1) is 15.1. The zero-order valence-electron chi connectivity index (χ0n) is 12.0. The van der Waals surface area contributed by atoms with E-state index in [0.29, 0.717) is 5.02 Å². The number of phenolic OH excluding ortho intramolecular Hbond substituents is 1. The van der Waals surface area contributed by atoms with Crippen LogP contribution in [0.5, 0.6) is 5.75 Å². The first-order chi connectivity index (χ1) is 10.6. The average molecular weight is 336 g/mol. The normalized spacial score (nSPS) is 15.3. The Bertz CT molecular complexity index is 746. The van der Waals surface area contributed by atoms with E-state index in [4.69, 9.17) is 23.2 Å². The molecule has 2 aromatic rings. The van der Waals surface area contributed by atoms with E-state index in [-0.39, 0.29) is 16.7 Å². The van der Waals surface area contributed by atoms with Gasteiger partial charge in [0.25, 0.3) is 0 Å². The highest BCUT2D eigenvalue weighted by Gasteiger charge is 2.27. The van der Waals surface area contributed by atoms with Crippen LogP contribution in [0, 0.1) is 6.92 Å². The number of halogens is 2. The minimum Gasteiger partial charge on any atom is -0.506 e. The Hall–Kier alpha value is -1.78. The molecule has 22 heavy (non-hydrogen) atoms. The van der Waals surface area contributed by atoms with Crippen LogP contribution in [0.25, 0.3) is 0 Å². The van der Waals surface area contributed by atoms with Crippen LogP contribution in [0.2, 0.25) is 10.0 Å². The molecule has 6 heteroatoms. The van der Waals surface area contributed by atoms with Crippen molar-refractivity contribution >= 4 is 29.0 Å². The van der Waals surface area contributed by atoms with Gasteiger partial charge in [0.05, 0.1) is 23.2 Å². The van der Waals surface area contributed by atoms with E-state index in [1.807, 2.05) is 25.1 Å². The van der Waals surface area contributed by atoms with Crippen molar-refractivity contribution in [1.82, 2.24) is 10.3 Å². The Morgan fingerprint density at radius 3 is 2.68 bits per heavy atom. The molecule has 1 unspecified atom stereocenters. The Kier molecular flexibility index (Phi) is 4.23. The van der Waals surface area contributed by atoms with Crippen molar-refractivity contribution in [3.8, 4) is 5.75 Å². The molecule has 0 radical (unpaired) electrons. The summed E-state index contributed by atoms with van der Waals surface area (Å²) in [5, 5.41) is 13.5. The van der Waals surface area contributed by atoms with Crippen LogP contribution >= 0.6 is 23.2 Å². The number of aryl methyl sites for hydroxylation is 1. The first-order valence-electron chi connectivity index (χ1n) is 6.96. The van der Waals surface area contributed by atoms with Crippen molar-refractivity contribution in [2.24, 2.45) is 4.99 Å². The zero-order chi connectivity index (χ0) is 15.7. The van der Waals surface area contributed by atoms with Gasteiger partial charge in [-0.1, -0.05) is 35.3 Å². The fourth-order valence-electron chi connectivity index (χ4n) is 2.56. The van der Waals surface area contributed by atoms with E-state index in [9.17, 15) is 5.11 Å². The second-order valence-corrected chi connectivity index (χ2v) is 5.89. The fourth-order valence-corrected chi connectivity index (χ4v) is 3.00. The van der Waals surface area contributed by atoms with Crippen LogP contribution in [-0.4, -0.2) is 29.0 Å². The van der Waals surface area contributed by atoms with Gasteiger partial charge in [-0.3, -0.25) is 9.98 Å². The molecule has 0 spiro atoms. The smallest absolute Gasteiger partial charge is 0.135 e. The number of pyridine rings is 1. The molecule has 114 valence electrons. The molecule has 2 heterocycles. The highest BCUT2D eigenvalue weighted by molar-refractivity contribution is 6.43. The molecular weight excluding hydrogens is 321 g/mol. The summed E-state index contributed by atoms with van der Waals surface area (Å²) in [4.78, 5) is 9.12. The molecule has 1 aliphatic rings. The summed E-state index contributed by atoms with van der Waals surface area (Å²) >= 11 is 12.4. The summed E-state index contributed by atoms with van der Waals surface area (Å²) < 4.78 is 0. The van der Waals surface area contributed by atoms with Crippen molar-refractivity contribution in [1.29, 1.82) is 0 Å². The number of hydrogen-bond acceptors (Lipinski definition) is 4. The number of phenols is 1. The number of hydrogen-bond donors (Lipinski definition) is 2. The van der Waals surface area contributed by atoms with Crippen molar-refractivity contribution in [3.63, 3.8) is 0 Å². The molecule has 0 amide bonds. The molecule has 0 saturated heterocycles. The standard InChI is InChI=1S/C16H15Cl2N3O/c1-9-3-2-4-11(21-9)13(16-19-7-8-20-16)10-5-6-12(22)15(18)14(10)17/h2-6,13,22H,7-8H2,1H3,(H,19,20). The monoisotopic (exact) mass is 335 g/mol. The predicted octanol–water partition coefficient (Wildman–Crippen LogP) is 3.54. The van der Waals surface area contributed by atoms with Crippen LogP contribution in [0.4, 0.5) is 0 Å². The number of aliphatic imine (C=N–C) groups is 1.